The van der Waals surface area contributed by atoms with Gasteiger partial charge in [-0.05, 0) is 64.2 Å². The summed E-state index contributed by atoms with van der Waals surface area (Å²) in [4.78, 5) is 19.2. The topological polar surface area (TPSA) is 77.8 Å². The van der Waals surface area contributed by atoms with E-state index < -0.39 is 12.9 Å². The van der Waals surface area contributed by atoms with Gasteiger partial charge >= 0.3 is 7.60 Å². The Morgan fingerprint density at radius 2 is 1.03 bits per heavy atom. The van der Waals surface area contributed by atoms with Gasteiger partial charge in [-0.1, -0.05) is 76.2 Å². The van der Waals surface area contributed by atoms with E-state index in [2.05, 4.69) is 31.2 Å². The van der Waals surface area contributed by atoms with Crippen molar-refractivity contribution >= 4 is 7.60 Å². The first-order valence-electron chi connectivity index (χ1n) is 13.4. The van der Waals surface area contributed by atoms with E-state index in [1.165, 1.54) is 70.6 Å². The molecular weight excluding hydrogens is 433 g/mol. The maximum atomic E-state index is 11.8. The van der Waals surface area contributed by atoms with Crippen LogP contribution in [0.2, 0.25) is 0 Å². The fraction of sp³-hybridized carbons (Fsp3) is 0.852. The van der Waals surface area contributed by atoms with Gasteiger partial charge in [0.2, 0.25) is 5.34 Å². The van der Waals surface area contributed by atoms with Crippen LogP contribution in [0.3, 0.4) is 0 Å². The highest BCUT2D eigenvalue weighted by Gasteiger charge is 2.48. The van der Waals surface area contributed by atoms with Crippen molar-refractivity contribution in [2.45, 2.75) is 121 Å². The molecule has 33 heavy (non-hydrogen) atoms. The number of quaternary nitrogens is 1. The van der Waals surface area contributed by atoms with E-state index in [0.717, 1.165) is 25.7 Å². The number of rotatable bonds is 22. The van der Waals surface area contributed by atoms with Crippen LogP contribution in [0.25, 0.3) is 0 Å². The molecule has 196 valence electrons. The number of hydrogen-bond acceptors (Lipinski definition) is 2. The summed E-state index contributed by atoms with van der Waals surface area (Å²) in [5.41, 5.74) is 0. The Labute approximate surface area is 205 Å². The average molecular weight is 489 g/mol. The van der Waals surface area contributed by atoms with Crippen molar-refractivity contribution in [1.82, 2.24) is 0 Å². The van der Waals surface area contributed by atoms with E-state index in [0.29, 0.717) is 10.9 Å². The van der Waals surface area contributed by atoms with Crippen LogP contribution in [0.15, 0.2) is 24.3 Å². The first kappa shape index (κ1) is 32.5. The van der Waals surface area contributed by atoms with Crippen LogP contribution < -0.4 is 0 Å². The lowest BCUT2D eigenvalue weighted by Gasteiger charge is -2.35. The second kappa shape index (κ2) is 18.8. The van der Waals surface area contributed by atoms with Gasteiger partial charge in [0.15, 0.2) is 0 Å². The van der Waals surface area contributed by atoms with E-state index in [9.17, 15) is 19.5 Å². The summed E-state index contributed by atoms with van der Waals surface area (Å²) in [6, 6.07) is 0. The maximum Gasteiger partial charge on any atom is 0.362 e. The maximum absolute atomic E-state index is 11.8. The van der Waals surface area contributed by atoms with Gasteiger partial charge < -0.3 is 19.4 Å². The molecule has 0 saturated heterocycles. The van der Waals surface area contributed by atoms with Crippen molar-refractivity contribution in [2.75, 3.05) is 27.7 Å². The second-order valence-electron chi connectivity index (χ2n) is 10.7. The molecule has 0 amide bonds. The molecule has 3 N–H and O–H groups in total. The molecule has 0 aromatic carbocycles. The molecule has 0 aliphatic carbocycles. The van der Waals surface area contributed by atoms with Gasteiger partial charge in [0, 0.05) is 0 Å². The van der Waals surface area contributed by atoms with Crippen LogP contribution in [0.5, 0.6) is 0 Å². The highest BCUT2D eigenvalue weighted by atomic mass is 31.2. The van der Waals surface area contributed by atoms with Gasteiger partial charge in [-0.25, -0.2) is 0 Å². The number of allylic oxidation sites excluding steroid dienone is 4. The molecule has 0 bridgehead atoms. The van der Waals surface area contributed by atoms with Gasteiger partial charge in [0.05, 0.1) is 21.1 Å². The number of hydrogen-bond donors (Lipinski definition) is 3. The first-order valence-corrected chi connectivity index (χ1v) is 15.0. The molecule has 0 rings (SSSR count). The molecule has 0 aliphatic rings. The van der Waals surface area contributed by atoms with Gasteiger partial charge in [0.25, 0.3) is 0 Å². The fourth-order valence-corrected chi connectivity index (χ4v) is 5.20. The predicted molar refractivity (Wildman–Crippen MR) is 142 cm³/mol. The Hall–Kier alpha value is -0.450. The summed E-state index contributed by atoms with van der Waals surface area (Å²) in [6.45, 7) is 2.31. The first-order chi connectivity index (χ1) is 15.5. The van der Waals surface area contributed by atoms with Crippen LogP contribution in [0.4, 0.5) is 0 Å². The van der Waals surface area contributed by atoms with Crippen LogP contribution in [0, 0.1) is 0 Å². The summed E-state index contributed by atoms with van der Waals surface area (Å²) in [6.07, 6.45) is 28.3. The molecular formula is C27H55NO4P+. The molecule has 0 aliphatic heterocycles. The smallest absolute Gasteiger partial charge is 0.362 e. The second-order valence-corrected chi connectivity index (χ2v) is 12.6. The number of unbranched alkanes of at least 4 members (excludes halogenated alkanes) is 13. The quantitative estimate of drug-likeness (QED) is 0.0645. The third-order valence-electron chi connectivity index (χ3n) is 6.02. The van der Waals surface area contributed by atoms with Crippen LogP contribution in [-0.2, 0) is 4.57 Å². The van der Waals surface area contributed by atoms with Crippen LogP contribution in [0.1, 0.15) is 116 Å². The minimum Gasteiger partial charge on any atom is -0.373 e. The normalized spacial score (nSPS) is 15.0. The SMILES string of the molecule is CCCCCC/C=C\CCCC/C=C\CCCCCCCCC(O)(C[N+](C)(C)C)P(=O)(O)O. The minimum absolute atomic E-state index is 0.0550. The molecule has 0 heterocycles. The van der Waals surface area contributed by atoms with Crippen LogP contribution >= 0.6 is 7.60 Å². The highest BCUT2D eigenvalue weighted by Crippen LogP contribution is 2.52. The van der Waals surface area contributed by atoms with Gasteiger partial charge in [-0.2, -0.15) is 0 Å². The van der Waals surface area contributed by atoms with Crippen LogP contribution in [-0.4, -0.2) is 52.4 Å². The third kappa shape index (κ3) is 19.5. The lowest BCUT2D eigenvalue weighted by atomic mass is 10.0. The molecule has 5 nitrogen and oxygen atoms in total. The van der Waals surface area contributed by atoms with E-state index in [1.807, 2.05) is 21.1 Å². The van der Waals surface area contributed by atoms with Crippen molar-refractivity contribution in [3.63, 3.8) is 0 Å². The minimum atomic E-state index is -4.55. The molecule has 0 saturated carbocycles. The Balaban J connectivity index is 3.64. The third-order valence-corrected chi connectivity index (χ3v) is 7.47. The summed E-state index contributed by atoms with van der Waals surface area (Å²) in [5.74, 6) is 0. The number of aliphatic hydroxyl groups is 1. The van der Waals surface area contributed by atoms with Gasteiger partial charge in [-0.15, -0.1) is 0 Å². The molecule has 0 spiro atoms. The highest BCUT2D eigenvalue weighted by molar-refractivity contribution is 7.53. The van der Waals surface area contributed by atoms with E-state index in [-0.39, 0.29) is 13.0 Å². The lowest BCUT2D eigenvalue weighted by Crippen LogP contribution is -2.49. The number of nitrogens with zero attached hydrogens (tertiary/aromatic N) is 1. The molecule has 1 atom stereocenters. The lowest BCUT2D eigenvalue weighted by molar-refractivity contribution is -0.875. The van der Waals surface area contributed by atoms with Crippen molar-refractivity contribution in [1.29, 1.82) is 0 Å². The molecule has 1 unspecified atom stereocenters. The standard InChI is InChI=1S/C27H54NO4P/c1-5-6-7-8-9-10-11-12-13-14-15-16-17-18-19-20-21-22-23-24-25-27(29,33(30,31)32)26-28(2,3)4/h10-11,16-17,29H,5-9,12-15,18-26H2,1-4H3,(H-,30,31,32)/p+1/b11-10-,17-16-. The Kier molecular flexibility index (Phi) is 18.6. The zero-order chi connectivity index (χ0) is 25.1. The number of likely N-dealkylation sites (N-methyl/N-ethyl adjacent to an activating group) is 1. The average Bonchev–Trinajstić information content (AvgIpc) is 2.70. The van der Waals surface area contributed by atoms with E-state index in [4.69, 9.17) is 0 Å². The van der Waals surface area contributed by atoms with Gasteiger partial charge in [-0.3, -0.25) is 4.57 Å². The van der Waals surface area contributed by atoms with Crippen molar-refractivity contribution in [2.24, 2.45) is 0 Å². The van der Waals surface area contributed by atoms with Crippen molar-refractivity contribution in [3.05, 3.63) is 24.3 Å². The molecule has 0 radical (unpaired) electrons. The summed E-state index contributed by atoms with van der Waals surface area (Å²) < 4.78 is 12.1. The molecule has 6 heteroatoms. The van der Waals surface area contributed by atoms with E-state index >= 15 is 0 Å². The zero-order valence-electron chi connectivity index (χ0n) is 22.2. The molecule has 0 fully saturated rings. The largest absolute Gasteiger partial charge is 0.373 e. The monoisotopic (exact) mass is 488 g/mol. The summed E-state index contributed by atoms with van der Waals surface area (Å²) in [5, 5.41) is 8.63. The predicted octanol–water partition coefficient (Wildman–Crippen LogP) is 7.32. The molecule has 0 aromatic rings. The van der Waals surface area contributed by atoms with Crippen molar-refractivity contribution < 1.29 is 23.9 Å². The summed E-state index contributed by atoms with van der Waals surface area (Å²) in [7, 11) is 0.961. The van der Waals surface area contributed by atoms with Crippen molar-refractivity contribution in [3.8, 4) is 0 Å². The molecule has 0 aromatic heterocycles. The summed E-state index contributed by atoms with van der Waals surface area (Å²) >= 11 is 0. The van der Waals surface area contributed by atoms with E-state index in [1.54, 1.807) is 0 Å². The Morgan fingerprint density at radius 1 is 0.667 bits per heavy atom. The van der Waals surface area contributed by atoms with Gasteiger partial charge in [0.1, 0.15) is 6.54 Å². The Morgan fingerprint density at radius 3 is 1.42 bits per heavy atom. The fourth-order valence-electron chi connectivity index (χ4n) is 4.14. The Bertz CT molecular complexity index is 565. The zero-order valence-corrected chi connectivity index (χ0v) is 23.1.